The summed E-state index contributed by atoms with van der Waals surface area (Å²) in [4.78, 5) is 4.29. The first kappa shape index (κ1) is 45.2. The maximum Gasteiger partial charge on any atom is 0.262 e. The molecule has 318 valence electrons. The Balaban J connectivity index is 0.884. The minimum atomic E-state index is 1.06. The molecule has 6 nitrogen and oxygen atoms in total. The molecule has 0 aliphatic rings. The van der Waals surface area contributed by atoms with Crippen LogP contribution in [-0.4, -0.2) is 91.5 Å². The fourth-order valence-electron chi connectivity index (χ4n) is 8.19. The van der Waals surface area contributed by atoms with Crippen LogP contribution in [-0.2, 0) is 13.1 Å². The number of thiazole rings is 2. The topological polar surface area (TPSA) is 14.2 Å². The first-order chi connectivity index (χ1) is 28.9. The Hall–Kier alpha value is -4.34. The molecule has 0 atom stereocenters. The van der Waals surface area contributed by atoms with E-state index in [4.69, 9.17) is 0 Å². The highest BCUT2D eigenvalue weighted by atomic mass is 32.1. The normalized spacial score (nSPS) is 12.5. The molecule has 0 saturated heterocycles. The molecule has 0 spiro atoms. The van der Waals surface area contributed by atoms with E-state index in [2.05, 4.69) is 197 Å². The molecule has 0 radical (unpaired) electrons. The van der Waals surface area contributed by atoms with E-state index in [1.54, 1.807) is 0 Å². The van der Waals surface area contributed by atoms with Crippen LogP contribution < -0.4 is 18.9 Å². The summed E-state index contributed by atoms with van der Waals surface area (Å²) in [6.07, 6.45) is 19.3. The Kier molecular flexibility index (Phi) is 16.2. The number of quaternary nitrogens is 2. The lowest BCUT2D eigenvalue weighted by Gasteiger charge is -2.30. The number of rotatable bonds is 23. The Morgan fingerprint density at radius 3 is 1.15 bits per heavy atom. The van der Waals surface area contributed by atoms with Crippen molar-refractivity contribution in [1.29, 1.82) is 0 Å². The average molecular weight is 845 g/mol. The summed E-state index contributed by atoms with van der Waals surface area (Å²) in [6, 6.07) is 35.4. The van der Waals surface area contributed by atoms with Gasteiger partial charge < -0.3 is 18.8 Å². The lowest BCUT2D eigenvalue weighted by molar-refractivity contribution is -0.891. The molecule has 6 rings (SSSR count). The summed E-state index contributed by atoms with van der Waals surface area (Å²) in [7, 11) is 18.1. The lowest BCUT2D eigenvalue weighted by Crippen LogP contribution is -2.42. The third-order valence-corrected chi connectivity index (χ3v) is 14.3. The molecule has 0 saturated carbocycles. The standard InChI is InChI=1S/C52H72N6S2/c1-53(2)45-31-25-43(26-32-45)29-35-51-55(47-21-11-13-23-49(47)59-51)37-15-19-41-57(5,6)39-17-9-10-18-40-58(7,8)42-20-16-38-56-48-22-12-14-24-50(48)60-52(56)36-30-44-27-33-46(34-28-44)54(3)4/h11-14,21-36H,9-10,15-20,37-42H2,1-8H3/q+4. The maximum absolute atomic E-state index is 2.54. The highest BCUT2D eigenvalue weighted by Crippen LogP contribution is 2.25. The predicted octanol–water partition coefficient (Wildman–Crippen LogP) is 11.1. The number of benzene rings is 4. The summed E-state index contributed by atoms with van der Waals surface area (Å²) in [6.45, 7) is 7.12. The van der Waals surface area contributed by atoms with Crippen LogP contribution in [0.2, 0.25) is 0 Å². The van der Waals surface area contributed by atoms with E-state index in [0.29, 0.717) is 0 Å². The third-order valence-electron chi connectivity index (χ3n) is 12.0. The average Bonchev–Trinajstić information content (AvgIpc) is 3.78. The molecule has 0 aliphatic carbocycles. The molecule has 2 heterocycles. The van der Waals surface area contributed by atoms with E-state index in [1.165, 1.54) is 130 Å². The van der Waals surface area contributed by atoms with E-state index in [1.807, 2.05) is 22.7 Å². The number of nitrogens with zero attached hydrogens (tertiary/aromatic N) is 6. The van der Waals surface area contributed by atoms with Gasteiger partial charge in [0, 0.05) is 89.5 Å². The van der Waals surface area contributed by atoms with Gasteiger partial charge in [-0.2, -0.15) is 9.13 Å². The Bertz CT molecular complexity index is 2130. The summed E-state index contributed by atoms with van der Waals surface area (Å²) in [5, 5.41) is 2.66. The van der Waals surface area contributed by atoms with Gasteiger partial charge in [-0.25, -0.2) is 0 Å². The van der Waals surface area contributed by atoms with Crippen LogP contribution in [0.25, 0.3) is 44.7 Å². The van der Waals surface area contributed by atoms with Crippen LogP contribution >= 0.6 is 22.7 Å². The minimum absolute atomic E-state index is 1.06. The fourth-order valence-corrected chi connectivity index (χ4v) is 10.4. The van der Waals surface area contributed by atoms with Gasteiger partial charge in [-0.15, -0.1) is 0 Å². The van der Waals surface area contributed by atoms with Crippen molar-refractivity contribution < 1.29 is 18.1 Å². The molecule has 60 heavy (non-hydrogen) atoms. The number of fused-ring (bicyclic) bond motifs is 2. The second-order valence-corrected chi connectivity index (χ2v) is 20.5. The monoisotopic (exact) mass is 845 g/mol. The van der Waals surface area contributed by atoms with E-state index in [9.17, 15) is 0 Å². The van der Waals surface area contributed by atoms with Gasteiger partial charge in [0.15, 0.2) is 13.1 Å². The van der Waals surface area contributed by atoms with Crippen LogP contribution in [0.3, 0.4) is 0 Å². The van der Waals surface area contributed by atoms with Gasteiger partial charge in [0.05, 0.1) is 54.4 Å². The van der Waals surface area contributed by atoms with Gasteiger partial charge in [-0.1, -0.05) is 71.2 Å². The van der Waals surface area contributed by atoms with Gasteiger partial charge in [0.25, 0.3) is 10.0 Å². The first-order valence-electron chi connectivity index (χ1n) is 22.3. The van der Waals surface area contributed by atoms with Crippen LogP contribution in [0.15, 0.2) is 97.1 Å². The zero-order valence-electron chi connectivity index (χ0n) is 37.9. The molecule has 0 bridgehead atoms. The van der Waals surface area contributed by atoms with Crippen molar-refractivity contribution in [3.8, 4) is 0 Å². The number of aromatic nitrogens is 2. The van der Waals surface area contributed by atoms with E-state index >= 15 is 0 Å². The largest absolute Gasteiger partial charge is 0.378 e. The molecule has 0 unspecified atom stereocenters. The Labute approximate surface area is 370 Å². The maximum atomic E-state index is 2.54. The van der Waals surface area contributed by atoms with Gasteiger partial charge in [0.2, 0.25) is 11.0 Å². The van der Waals surface area contributed by atoms with E-state index in [-0.39, 0.29) is 0 Å². The molecule has 0 fully saturated rings. The van der Waals surface area contributed by atoms with Crippen LogP contribution in [0, 0.1) is 0 Å². The number of hydrogen-bond donors (Lipinski definition) is 0. The zero-order chi connectivity index (χ0) is 42.5. The molecular weight excluding hydrogens is 773 g/mol. The molecule has 0 aliphatic heterocycles. The van der Waals surface area contributed by atoms with E-state index in [0.717, 1.165) is 22.1 Å². The quantitative estimate of drug-likeness (QED) is 0.0362. The molecule has 0 amide bonds. The van der Waals surface area contributed by atoms with Crippen LogP contribution in [0.4, 0.5) is 11.4 Å². The van der Waals surface area contributed by atoms with Crippen molar-refractivity contribution in [2.45, 2.75) is 64.5 Å². The summed E-state index contributed by atoms with van der Waals surface area (Å²) in [5.41, 5.74) is 7.64. The Morgan fingerprint density at radius 2 is 0.783 bits per heavy atom. The van der Waals surface area contributed by atoms with Gasteiger partial charge in [0.1, 0.15) is 9.40 Å². The molecule has 2 aromatic heterocycles. The third kappa shape index (κ3) is 13.1. The second kappa shape index (κ2) is 21.4. The zero-order valence-corrected chi connectivity index (χ0v) is 39.6. The molecule has 0 N–H and O–H groups in total. The summed E-state index contributed by atoms with van der Waals surface area (Å²) in [5.74, 6) is 0. The first-order valence-corrected chi connectivity index (χ1v) is 23.9. The number of anilines is 2. The summed E-state index contributed by atoms with van der Waals surface area (Å²) < 4.78 is 10.0. The summed E-state index contributed by atoms with van der Waals surface area (Å²) >= 11 is 3.80. The van der Waals surface area contributed by atoms with Crippen molar-refractivity contribution >= 4 is 78.8 Å². The van der Waals surface area contributed by atoms with Crippen molar-refractivity contribution in [2.75, 3.05) is 92.4 Å². The fraction of sp³-hybridized carbons (Fsp3) is 0.423. The number of hydrogen-bond acceptors (Lipinski definition) is 4. The molecule has 8 heteroatoms. The minimum Gasteiger partial charge on any atom is -0.378 e. The Morgan fingerprint density at radius 1 is 0.433 bits per heavy atom. The molecule has 4 aromatic carbocycles. The van der Waals surface area contributed by atoms with Gasteiger partial charge in [-0.05, 0) is 85.4 Å². The van der Waals surface area contributed by atoms with Gasteiger partial charge >= 0.3 is 0 Å². The van der Waals surface area contributed by atoms with Gasteiger partial charge in [-0.3, -0.25) is 0 Å². The van der Waals surface area contributed by atoms with Crippen molar-refractivity contribution in [3.05, 3.63) is 118 Å². The predicted molar refractivity (Wildman–Crippen MR) is 264 cm³/mol. The number of para-hydroxylation sites is 2. The van der Waals surface area contributed by atoms with Crippen molar-refractivity contribution in [2.24, 2.45) is 0 Å². The number of unbranched alkanes of at least 4 members (excludes halogenated alkanes) is 5. The smallest absolute Gasteiger partial charge is 0.262 e. The molecular formula is C52H72N6S2+4. The van der Waals surface area contributed by atoms with Crippen molar-refractivity contribution in [3.63, 3.8) is 0 Å². The second-order valence-electron chi connectivity index (χ2n) is 18.4. The lowest BCUT2D eigenvalue weighted by atomic mass is 10.1. The number of aryl methyl sites for hydroxylation is 2. The molecule has 6 aromatic rings. The highest BCUT2D eigenvalue weighted by molar-refractivity contribution is 7.19. The highest BCUT2D eigenvalue weighted by Gasteiger charge is 2.22. The van der Waals surface area contributed by atoms with Crippen molar-refractivity contribution in [1.82, 2.24) is 0 Å². The van der Waals surface area contributed by atoms with E-state index < -0.39 is 0 Å². The SMILES string of the molecule is CN(C)c1ccc(/C=C/c2sc3ccccc3[n+]2CCCC[N+](C)(C)CCCCCC[N+](C)(C)CCCC[n+]2c(/C=C/c3ccc(N(C)C)cc3)sc3ccccc32)cc1. The van der Waals surface area contributed by atoms with Crippen LogP contribution in [0.1, 0.15) is 72.5 Å². The van der Waals surface area contributed by atoms with Crippen LogP contribution in [0.5, 0.6) is 0 Å².